The Bertz CT molecular complexity index is 524. The van der Waals surface area contributed by atoms with E-state index in [0.29, 0.717) is 17.1 Å². The summed E-state index contributed by atoms with van der Waals surface area (Å²) in [7, 11) is 3.07. The van der Waals surface area contributed by atoms with Crippen LogP contribution in [0.2, 0.25) is 0 Å². The number of rotatable bonds is 6. The molecule has 0 aliphatic heterocycles. The van der Waals surface area contributed by atoms with Crippen molar-refractivity contribution in [3.8, 4) is 11.5 Å². The summed E-state index contributed by atoms with van der Waals surface area (Å²) in [5.41, 5.74) is 11.5. The van der Waals surface area contributed by atoms with Gasteiger partial charge in [0.1, 0.15) is 5.82 Å². The number of carbonyl (C=O) groups is 1. The molecule has 20 heavy (non-hydrogen) atoms. The molecule has 1 amide bonds. The van der Waals surface area contributed by atoms with Gasteiger partial charge in [0.05, 0.1) is 20.6 Å². The maximum Gasteiger partial charge on any atom is 0.230 e. The molecule has 6 heteroatoms. The summed E-state index contributed by atoms with van der Waals surface area (Å²) in [5.74, 6) is 1.08. The molecule has 0 spiro atoms. The molecule has 1 aromatic rings. The quantitative estimate of drug-likeness (QED) is 0.662. The Kier molecular flexibility index (Phi) is 5.96. The van der Waals surface area contributed by atoms with Gasteiger partial charge in [-0.05, 0) is 24.4 Å². The van der Waals surface area contributed by atoms with E-state index in [1.807, 2.05) is 0 Å². The molecule has 0 atom stereocenters. The van der Waals surface area contributed by atoms with Gasteiger partial charge in [0.15, 0.2) is 11.5 Å². The molecule has 0 aromatic heterocycles. The minimum atomic E-state index is -0.254. The Morgan fingerprint density at radius 2 is 2.10 bits per heavy atom. The van der Waals surface area contributed by atoms with Crippen molar-refractivity contribution in [2.24, 2.45) is 11.5 Å². The van der Waals surface area contributed by atoms with Crippen molar-refractivity contribution < 1.29 is 14.3 Å². The lowest BCUT2D eigenvalue weighted by Crippen LogP contribution is -2.28. The Morgan fingerprint density at radius 3 is 2.70 bits per heavy atom. The van der Waals surface area contributed by atoms with Crippen LogP contribution in [0.4, 0.5) is 0 Å². The predicted octanol–water partition coefficient (Wildman–Crippen LogP) is 0.635. The Labute approximate surface area is 118 Å². The van der Waals surface area contributed by atoms with Crippen LogP contribution in [0, 0.1) is 0 Å². The first kappa shape index (κ1) is 15.4. The molecule has 6 nitrogen and oxygen atoms in total. The van der Waals surface area contributed by atoms with Crippen LogP contribution in [0.3, 0.4) is 0 Å². The van der Waals surface area contributed by atoms with Gasteiger partial charge in [-0.3, -0.25) is 4.79 Å². The SMILES string of the molecule is COc1cccc(CC(=O)N/C(N)=C/C=C\N)c1OC. The summed E-state index contributed by atoms with van der Waals surface area (Å²) in [4.78, 5) is 11.9. The molecule has 0 saturated carbocycles. The summed E-state index contributed by atoms with van der Waals surface area (Å²) < 4.78 is 10.4. The van der Waals surface area contributed by atoms with E-state index in [1.54, 1.807) is 25.3 Å². The van der Waals surface area contributed by atoms with E-state index in [9.17, 15) is 4.79 Å². The van der Waals surface area contributed by atoms with Crippen molar-refractivity contribution in [1.29, 1.82) is 0 Å². The number of benzene rings is 1. The van der Waals surface area contributed by atoms with Crippen LogP contribution in [0.15, 0.2) is 42.4 Å². The van der Waals surface area contributed by atoms with Gasteiger partial charge in [-0.15, -0.1) is 0 Å². The Balaban J connectivity index is 2.81. The van der Waals surface area contributed by atoms with Crippen LogP contribution in [-0.4, -0.2) is 20.1 Å². The smallest absolute Gasteiger partial charge is 0.230 e. The van der Waals surface area contributed by atoms with Gasteiger partial charge >= 0.3 is 0 Å². The highest BCUT2D eigenvalue weighted by Gasteiger charge is 2.13. The third kappa shape index (κ3) is 4.24. The lowest BCUT2D eigenvalue weighted by molar-refractivity contribution is -0.119. The molecule has 0 unspecified atom stereocenters. The Hall–Kier alpha value is -2.63. The highest BCUT2D eigenvalue weighted by molar-refractivity contribution is 5.81. The van der Waals surface area contributed by atoms with Crippen molar-refractivity contribution in [3.63, 3.8) is 0 Å². The zero-order valence-corrected chi connectivity index (χ0v) is 11.6. The van der Waals surface area contributed by atoms with Crippen molar-refractivity contribution in [3.05, 3.63) is 47.9 Å². The molecule has 0 fully saturated rings. The molecule has 0 aliphatic carbocycles. The highest BCUT2D eigenvalue weighted by atomic mass is 16.5. The number of para-hydroxylation sites is 1. The third-order valence-corrected chi connectivity index (χ3v) is 2.51. The van der Waals surface area contributed by atoms with E-state index in [0.717, 1.165) is 0 Å². The first-order valence-corrected chi connectivity index (χ1v) is 5.96. The first-order chi connectivity index (χ1) is 9.62. The summed E-state index contributed by atoms with van der Waals surface area (Å²) in [6.07, 6.45) is 4.48. The van der Waals surface area contributed by atoms with E-state index < -0.39 is 0 Å². The molecule has 0 radical (unpaired) electrons. The van der Waals surface area contributed by atoms with E-state index in [-0.39, 0.29) is 18.1 Å². The van der Waals surface area contributed by atoms with Crippen molar-refractivity contribution >= 4 is 5.91 Å². The fourth-order valence-electron chi connectivity index (χ4n) is 1.67. The minimum Gasteiger partial charge on any atom is -0.493 e. The molecule has 0 saturated heterocycles. The molecule has 0 aliphatic rings. The van der Waals surface area contributed by atoms with E-state index in [2.05, 4.69) is 5.32 Å². The summed E-state index contributed by atoms with van der Waals surface area (Å²) in [6.45, 7) is 0. The average molecular weight is 277 g/mol. The molecular formula is C14H19N3O3. The number of nitrogens with two attached hydrogens (primary N) is 2. The minimum absolute atomic E-state index is 0.126. The molecule has 5 N–H and O–H groups in total. The number of ether oxygens (including phenoxy) is 2. The zero-order chi connectivity index (χ0) is 15.0. The molecule has 108 valence electrons. The third-order valence-electron chi connectivity index (χ3n) is 2.51. The van der Waals surface area contributed by atoms with Crippen LogP contribution in [0.1, 0.15) is 5.56 Å². The van der Waals surface area contributed by atoms with Crippen LogP contribution in [0.5, 0.6) is 11.5 Å². The second kappa shape index (κ2) is 7.73. The number of carbonyl (C=O) groups excluding carboxylic acids is 1. The fraction of sp³-hybridized carbons (Fsp3) is 0.214. The van der Waals surface area contributed by atoms with Crippen LogP contribution < -0.4 is 26.3 Å². The standard InChI is InChI=1S/C14H19N3O3/c1-19-11-6-3-5-10(14(11)20-2)9-13(18)17-12(16)7-4-8-15/h3-8H,9,15-16H2,1-2H3,(H,17,18)/b8-4-,12-7+. The summed E-state index contributed by atoms with van der Waals surface area (Å²) in [5, 5.41) is 2.55. The van der Waals surface area contributed by atoms with Gasteiger partial charge in [-0.1, -0.05) is 12.1 Å². The maximum absolute atomic E-state index is 11.9. The summed E-state index contributed by atoms with van der Waals surface area (Å²) in [6, 6.07) is 5.35. The largest absolute Gasteiger partial charge is 0.493 e. The van der Waals surface area contributed by atoms with Gasteiger partial charge in [0.2, 0.25) is 5.91 Å². The van der Waals surface area contributed by atoms with Gasteiger partial charge < -0.3 is 26.3 Å². The number of hydrogen-bond acceptors (Lipinski definition) is 5. The van der Waals surface area contributed by atoms with Gasteiger partial charge in [0, 0.05) is 5.56 Å². The number of hydrogen-bond donors (Lipinski definition) is 3. The van der Waals surface area contributed by atoms with Crippen molar-refractivity contribution in [2.45, 2.75) is 6.42 Å². The Morgan fingerprint density at radius 1 is 1.35 bits per heavy atom. The molecule has 0 bridgehead atoms. The van der Waals surface area contributed by atoms with Crippen LogP contribution in [0.25, 0.3) is 0 Å². The zero-order valence-electron chi connectivity index (χ0n) is 11.6. The molecule has 0 heterocycles. The highest BCUT2D eigenvalue weighted by Crippen LogP contribution is 2.30. The first-order valence-electron chi connectivity index (χ1n) is 5.96. The number of nitrogens with one attached hydrogen (secondary N) is 1. The van der Waals surface area contributed by atoms with Crippen LogP contribution in [-0.2, 0) is 11.2 Å². The number of amides is 1. The van der Waals surface area contributed by atoms with Crippen molar-refractivity contribution in [2.75, 3.05) is 14.2 Å². The normalized spacial score (nSPS) is 11.4. The monoisotopic (exact) mass is 277 g/mol. The van der Waals surface area contributed by atoms with Crippen molar-refractivity contribution in [1.82, 2.24) is 5.32 Å². The fourth-order valence-corrected chi connectivity index (χ4v) is 1.67. The van der Waals surface area contributed by atoms with E-state index in [1.165, 1.54) is 25.5 Å². The van der Waals surface area contributed by atoms with E-state index in [4.69, 9.17) is 20.9 Å². The topological polar surface area (TPSA) is 99.6 Å². The molecular weight excluding hydrogens is 258 g/mol. The van der Waals surface area contributed by atoms with Gasteiger partial charge in [0.25, 0.3) is 0 Å². The number of methoxy groups -OCH3 is 2. The molecule has 1 aromatic carbocycles. The lowest BCUT2D eigenvalue weighted by atomic mass is 10.1. The average Bonchev–Trinajstić information content (AvgIpc) is 2.44. The van der Waals surface area contributed by atoms with Crippen LogP contribution >= 0.6 is 0 Å². The summed E-state index contributed by atoms with van der Waals surface area (Å²) >= 11 is 0. The van der Waals surface area contributed by atoms with Gasteiger partial charge in [-0.25, -0.2) is 0 Å². The lowest BCUT2D eigenvalue weighted by Gasteiger charge is -2.12. The maximum atomic E-state index is 11.9. The van der Waals surface area contributed by atoms with Gasteiger partial charge in [-0.2, -0.15) is 0 Å². The molecule has 1 rings (SSSR count). The number of allylic oxidation sites excluding steroid dienone is 2. The second-order valence-electron chi connectivity index (χ2n) is 3.88. The van der Waals surface area contributed by atoms with E-state index >= 15 is 0 Å². The second-order valence-corrected chi connectivity index (χ2v) is 3.88. The predicted molar refractivity (Wildman–Crippen MR) is 77.0 cm³/mol.